The highest BCUT2D eigenvalue weighted by Gasteiger charge is 1.88. The molecule has 0 saturated heterocycles. The van der Waals surface area contributed by atoms with E-state index in [-0.39, 0.29) is 0 Å². The molecule has 0 heterocycles. The third-order valence-electron chi connectivity index (χ3n) is 2.36. The zero-order valence-electron chi connectivity index (χ0n) is 8.63. The largest absolute Gasteiger partial charge is 0.0882 e. The van der Waals surface area contributed by atoms with Gasteiger partial charge in [-0.15, -0.1) is 0 Å². The minimum Gasteiger partial charge on any atom is -0.0882 e. The van der Waals surface area contributed by atoms with Crippen molar-refractivity contribution in [3.63, 3.8) is 0 Å². The number of allylic oxidation sites excluding steroid dienone is 6. The molecule has 1 aliphatic carbocycles. The van der Waals surface area contributed by atoms with Gasteiger partial charge in [0, 0.05) is 0 Å². The van der Waals surface area contributed by atoms with Crippen LogP contribution in [-0.2, 0) is 0 Å². The Morgan fingerprint density at radius 2 is 1.31 bits per heavy atom. The van der Waals surface area contributed by atoms with E-state index in [2.05, 4.69) is 37.3 Å². The smallest absolute Gasteiger partial charge is 0.0288 e. The van der Waals surface area contributed by atoms with Crippen LogP contribution in [-0.4, -0.2) is 0 Å². The van der Waals surface area contributed by atoms with Gasteiger partial charge >= 0.3 is 0 Å². The molecule has 13 heavy (non-hydrogen) atoms. The first-order valence-electron chi connectivity index (χ1n) is 5.35. The van der Waals surface area contributed by atoms with E-state index >= 15 is 0 Å². The molecular formula is C13H20. The molecule has 0 aromatic carbocycles. The Morgan fingerprint density at radius 1 is 0.769 bits per heavy atom. The summed E-state index contributed by atoms with van der Waals surface area (Å²) >= 11 is 0. The van der Waals surface area contributed by atoms with Crippen molar-refractivity contribution in [2.75, 3.05) is 0 Å². The molecule has 0 fully saturated rings. The standard InChI is InChI=1S/C13H20/c1-13-11-9-7-5-3-2-4-6-8-10-12-13/h3,5-6,8,11H,2,4,7,9-10,12H2,1H3/b5-3-,8-6+,13-11-. The Kier molecular flexibility index (Phi) is 5.31. The summed E-state index contributed by atoms with van der Waals surface area (Å²) in [5, 5.41) is 0. The summed E-state index contributed by atoms with van der Waals surface area (Å²) in [6.45, 7) is 2.24. The lowest BCUT2D eigenvalue weighted by Gasteiger charge is -1.98. The van der Waals surface area contributed by atoms with Crippen LogP contribution in [0.5, 0.6) is 0 Å². The van der Waals surface area contributed by atoms with Crippen molar-refractivity contribution in [2.24, 2.45) is 0 Å². The van der Waals surface area contributed by atoms with E-state index in [0.717, 1.165) is 0 Å². The highest BCUT2D eigenvalue weighted by Crippen LogP contribution is 2.09. The van der Waals surface area contributed by atoms with Crippen molar-refractivity contribution in [1.82, 2.24) is 0 Å². The van der Waals surface area contributed by atoms with Crippen LogP contribution in [0, 0.1) is 0 Å². The van der Waals surface area contributed by atoms with E-state index in [0.29, 0.717) is 0 Å². The van der Waals surface area contributed by atoms with Gasteiger partial charge in [-0.2, -0.15) is 0 Å². The van der Waals surface area contributed by atoms with Crippen LogP contribution < -0.4 is 0 Å². The minimum atomic E-state index is 1.21. The molecule has 1 aliphatic rings. The van der Waals surface area contributed by atoms with Crippen molar-refractivity contribution in [3.8, 4) is 0 Å². The van der Waals surface area contributed by atoms with Gasteiger partial charge in [-0.1, -0.05) is 36.0 Å². The highest BCUT2D eigenvalue weighted by atomic mass is 13.9. The van der Waals surface area contributed by atoms with Gasteiger partial charge in [-0.25, -0.2) is 0 Å². The summed E-state index contributed by atoms with van der Waals surface area (Å²) in [4.78, 5) is 0. The Hall–Kier alpha value is -0.780. The first-order chi connectivity index (χ1) is 6.39. The highest BCUT2D eigenvalue weighted by molar-refractivity contribution is 5.02. The fraction of sp³-hybridized carbons (Fsp3) is 0.538. The van der Waals surface area contributed by atoms with Gasteiger partial charge in [0.25, 0.3) is 0 Å². The lowest BCUT2D eigenvalue weighted by atomic mass is 10.1. The van der Waals surface area contributed by atoms with Gasteiger partial charge in [-0.3, -0.25) is 0 Å². The molecular weight excluding hydrogens is 156 g/mol. The Balaban J connectivity index is 2.42. The van der Waals surface area contributed by atoms with Gasteiger partial charge in [0.05, 0.1) is 0 Å². The third-order valence-corrected chi connectivity index (χ3v) is 2.36. The molecule has 0 unspecified atom stereocenters. The van der Waals surface area contributed by atoms with E-state index in [1.807, 2.05) is 0 Å². The maximum absolute atomic E-state index is 2.37. The second-order valence-corrected chi connectivity index (χ2v) is 3.69. The molecule has 0 radical (unpaired) electrons. The van der Waals surface area contributed by atoms with E-state index in [9.17, 15) is 0 Å². The maximum Gasteiger partial charge on any atom is -0.0288 e. The van der Waals surface area contributed by atoms with Gasteiger partial charge in [0.2, 0.25) is 0 Å². The topological polar surface area (TPSA) is 0 Å². The van der Waals surface area contributed by atoms with Crippen molar-refractivity contribution in [1.29, 1.82) is 0 Å². The summed E-state index contributed by atoms with van der Waals surface area (Å²) in [7, 11) is 0. The number of rotatable bonds is 0. The van der Waals surface area contributed by atoms with Crippen LogP contribution in [0.1, 0.15) is 45.4 Å². The van der Waals surface area contributed by atoms with Crippen LogP contribution in [0.3, 0.4) is 0 Å². The molecule has 0 aromatic heterocycles. The summed E-state index contributed by atoms with van der Waals surface area (Å²) in [5.74, 6) is 0. The molecule has 0 nitrogen and oxygen atoms in total. The van der Waals surface area contributed by atoms with Crippen LogP contribution in [0.25, 0.3) is 0 Å². The number of hydrogen-bond donors (Lipinski definition) is 0. The van der Waals surface area contributed by atoms with Crippen LogP contribution in [0.4, 0.5) is 0 Å². The molecule has 0 aromatic rings. The zero-order valence-corrected chi connectivity index (χ0v) is 8.63. The Bertz CT molecular complexity index is 206. The minimum absolute atomic E-state index is 1.21. The van der Waals surface area contributed by atoms with E-state index in [1.54, 1.807) is 5.57 Å². The van der Waals surface area contributed by atoms with Gasteiger partial charge in [0.1, 0.15) is 0 Å². The quantitative estimate of drug-likeness (QED) is 0.480. The average Bonchev–Trinajstić information content (AvgIpc) is 2.11. The second kappa shape index (κ2) is 6.71. The fourth-order valence-electron chi connectivity index (χ4n) is 1.50. The lowest BCUT2D eigenvalue weighted by molar-refractivity contribution is 0.921. The molecule has 72 valence electrons. The third kappa shape index (κ3) is 5.46. The molecule has 0 amide bonds. The normalized spacial score (nSPS) is 29.2. The second-order valence-electron chi connectivity index (χ2n) is 3.69. The van der Waals surface area contributed by atoms with E-state index in [1.165, 1.54) is 38.5 Å². The summed E-state index contributed by atoms with van der Waals surface area (Å²) in [5.41, 5.74) is 1.54. The summed E-state index contributed by atoms with van der Waals surface area (Å²) < 4.78 is 0. The summed E-state index contributed by atoms with van der Waals surface area (Å²) in [6.07, 6.45) is 18.9. The molecule has 0 N–H and O–H groups in total. The van der Waals surface area contributed by atoms with Crippen molar-refractivity contribution in [3.05, 3.63) is 36.0 Å². The molecule has 0 aliphatic heterocycles. The van der Waals surface area contributed by atoms with Crippen LogP contribution in [0.2, 0.25) is 0 Å². The molecule has 1 rings (SSSR count). The number of hydrogen-bond acceptors (Lipinski definition) is 0. The van der Waals surface area contributed by atoms with Crippen molar-refractivity contribution < 1.29 is 0 Å². The molecule has 0 atom stereocenters. The lowest BCUT2D eigenvalue weighted by Crippen LogP contribution is -1.78. The van der Waals surface area contributed by atoms with Crippen molar-refractivity contribution in [2.45, 2.75) is 45.4 Å². The molecule has 0 heteroatoms. The summed E-state index contributed by atoms with van der Waals surface area (Å²) in [6, 6.07) is 0. The van der Waals surface area contributed by atoms with E-state index in [4.69, 9.17) is 0 Å². The van der Waals surface area contributed by atoms with Crippen LogP contribution in [0.15, 0.2) is 36.0 Å². The maximum atomic E-state index is 2.37. The molecule has 0 saturated carbocycles. The van der Waals surface area contributed by atoms with E-state index < -0.39 is 0 Å². The fourth-order valence-corrected chi connectivity index (χ4v) is 1.50. The van der Waals surface area contributed by atoms with Gasteiger partial charge < -0.3 is 0 Å². The molecule has 0 spiro atoms. The first-order valence-corrected chi connectivity index (χ1v) is 5.35. The molecule has 0 bridgehead atoms. The first kappa shape index (κ1) is 10.3. The SMILES string of the molecule is C/C1=C/CC/C=C\CC/C=C/CC1. The average molecular weight is 176 g/mol. The van der Waals surface area contributed by atoms with Gasteiger partial charge in [0.15, 0.2) is 0 Å². The Morgan fingerprint density at radius 3 is 2.00 bits per heavy atom. The zero-order chi connectivity index (χ0) is 9.36. The van der Waals surface area contributed by atoms with Crippen molar-refractivity contribution >= 4 is 0 Å². The van der Waals surface area contributed by atoms with Gasteiger partial charge in [-0.05, 0) is 45.4 Å². The van der Waals surface area contributed by atoms with Crippen LogP contribution >= 0.6 is 0 Å². The Labute approximate surface area is 82.0 Å². The monoisotopic (exact) mass is 176 g/mol. The predicted octanol–water partition coefficient (Wildman–Crippen LogP) is 4.40. The predicted molar refractivity (Wildman–Crippen MR) is 59.7 cm³/mol.